The van der Waals surface area contributed by atoms with Crippen molar-refractivity contribution in [3.63, 3.8) is 0 Å². The average Bonchev–Trinajstić information content (AvgIpc) is 2.38. The average molecular weight is 281 g/mol. The SMILES string of the molecule is CN(C)CCCN(C)Cc1cc([N+](=O)[O-])ccc1NN. The molecule has 1 rings (SSSR count). The number of anilines is 1. The quantitative estimate of drug-likeness (QED) is 0.424. The number of non-ortho nitro benzene ring substituents is 1. The fraction of sp³-hybridized carbons (Fsp3) is 0.538. The monoisotopic (exact) mass is 281 g/mol. The second kappa shape index (κ2) is 7.78. The molecule has 1 aromatic rings. The van der Waals surface area contributed by atoms with Crippen LogP contribution in [0.4, 0.5) is 11.4 Å². The summed E-state index contributed by atoms with van der Waals surface area (Å²) in [5, 5.41) is 10.8. The summed E-state index contributed by atoms with van der Waals surface area (Å²) in [7, 11) is 6.07. The first-order chi connectivity index (χ1) is 9.43. The highest BCUT2D eigenvalue weighted by Gasteiger charge is 2.12. The molecule has 1 aromatic carbocycles. The standard InChI is InChI=1S/C13H23N5O2/c1-16(2)7-4-8-17(3)10-11-9-12(18(19)20)5-6-13(11)15-14/h5-6,9,15H,4,7-8,10,14H2,1-3H3. The van der Waals surface area contributed by atoms with E-state index < -0.39 is 4.92 Å². The zero-order valence-electron chi connectivity index (χ0n) is 12.3. The fourth-order valence-corrected chi connectivity index (χ4v) is 1.99. The first-order valence-electron chi connectivity index (χ1n) is 6.51. The minimum Gasteiger partial charge on any atom is -0.324 e. The van der Waals surface area contributed by atoms with Gasteiger partial charge in [-0.25, -0.2) is 0 Å². The minimum absolute atomic E-state index is 0.0840. The van der Waals surface area contributed by atoms with E-state index in [1.807, 2.05) is 21.1 Å². The lowest BCUT2D eigenvalue weighted by molar-refractivity contribution is -0.384. The van der Waals surface area contributed by atoms with Crippen molar-refractivity contribution in [2.24, 2.45) is 5.84 Å². The van der Waals surface area contributed by atoms with Crippen LogP contribution < -0.4 is 11.3 Å². The van der Waals surface area contributed by atoms with E-state index in [2.05, 4.69) is 15.2 Å². The number of hydrogen-bond donors (Lipinski definition) is 2. The molecule has 112 valence electrons. The molecule has 7 heteroatoms. The molecule has 0 unspecified atom stereocenters. The Morgan fingerprint density at radius 2 is 2.00 bits per heavy atom. The van der Waals surface area contributed by atoms with Crippen LogP contribution >= 0.6 is 0 Å². The molecule has 20 heavy (non-hydrogen) atoms. The first kappa shape index (κ1) is 16.4. The van der Waals surface area contributed by atoms with Gasteiger partial charge in [0.1, 0.15) is 0 Å². The molecule has 0 aromatic heterocycles. The van der Waals surface area contributed by atoms with E-state index >= 15 is 0 Å². The molecule has 0 fully saturated rings. The van der Waals surface area contributed by atoms with Crippen LogP contribution in [-0.4, -0.2) is 49.0 Å². The smallest absolute Gasteiger partial charge is 0.269 e. The van der Waals surface area contributed by atoms with Gasteiger partial charge in [-0.05, 0) is 52.3 Å². The number of nitro groups is 1. The van der Waals surface area contributed by atoms with Crippen molar-refractivity contribution in [1.82, 2.24) is 9.80 Å². The number of nitrogen functional groups attached to an aromatic ring is 1. The van der Waals surface area contributed by atoms with Crippen molar-refractivity contribution in [1.29, 1.82) is 0 Å². The largest absolute Gasteiger partial charge is 0.324 e. The normalized spacial score (nSPS) is 11.1. The van der Waals surface area contributed by atoms with Crippen LogP contribution in [0.5, 0.6) is 0 Å². The first-order valence-corrected chi connectivity index (χ1v) is 6.51. The molecular formula is C13H23N5O2. The summed E-state index contributed by atoms with van der Waals surface area (Å²) in [5.74, 6) is 5.45. The van der Waals surface area contributed by atoms with Crippen molar-refractivity contribution in [2.75, 3.05) is 39.7 Å². The molecule has 0 amide bonds. The summed E-state index contributed by atoms with van der Waals surface area (Å²) < 4.78 is 0. The maximum atomic E-state index is 10.8. The van der Waals surface area contributed by atoms with Crippen LogP contribution in [0, 0.1) is 10.1 Å². The maximum Gasteiger partial charge on any atom is 0.269 e. The third-order valence-electron chi connectivity index (χ3n) is 3.04. The predicted octanol–water partition coefficient (Wildman–Crippen LogP) is 1.26. The molecule has 0 atom stereocenters. The van der Waals surface area contributed by atoms with Gasteiger partial charge in [-0.1, -0.05) is 0 Å². The van der Waals surface area contributed by atoms with Crippen LogP contribution in [0.2, 0.25) is 0 Å². The number of hydrogen-bond acceptors (Lipinski definition) is 6. The van der Waals surface area contributed by atoms with Crippen molar-refractivity contribution in [2.45, 2.75) is 13.0 Å². The summed E-state index contributed by atoms with van der Waals surface area (Å²) in [5.41, 5.74) is 4.21. The van der Waals surface area contributed by atoms with Crippen molar-refractivity contribution in [3.05, 3.63) is 33.9 Å². The number of rotatable bonds is 8. The van der Waals surface area contributed by atoms with E-state index in [9.17, 15) is 10.1 Å². The molecule has 0 aliphatic rings. The maximum absolute atomic E-state index is 10.8. The van der Waals surface area contributed by atoms with Crippen molar-refractivity contribution < 1.29 is 4.92 Å². The predicted molar refractivity (Wildman–Crippen MR) is 80.4 cm³/mol. The highest BCUT2D eigenvalue weighted by Crippen LogP contribution is 2.22. The molecule has 0 spiro atoms. The summed E-state index contributed by atoms with van der Waals surface area (Å²) >= 11 is 0. The summed E-state index contributed by atoms with van der Waals surface area (Å²) in [4.78, 5) is 14.7. The fourth-order valence-electron chi connectivity index (χ4n) is 1.99. The van der Waals surface area contributed by atoms with Gasteiger partial charge in [0.25, 0.3) is 5.69 Å². The van der Waals surface area contributed by atoms with E-state index in [0.717, 1.165) is 30.8 Å². The molecule has 0 bridgehead atoms. The molecule has 0 saturated heterocycles. The van der Waals surface area contributed by atoms with E-state index in [1.54, 1.807) is 12.1 Å². The van der Waals surface area contributed by atoms with Gasteiger partial charge in [-0.3, -0.25) is 16.0 Å². The van der Waals surface area contributed by atoms with Crippen LogP contribution in [0.15, 0.2) is 18.2 Å². The topological polar surface area (TPSA) is 87.7 Å². The minimum atomic E-state index is -0.393. The summed E-state index contributed by atoms with van der Waals surface area (Å²) in [6, 6.07) is 4.66. The number of nitrogens with one attached hydrogen (secondary N) is 1. The van der Waals surface area contributed by atoms with Gasteiger partial charge in [0, 0.05) is 18.7 Å². The van der Waals surface area contributed by atoms with E-state index in [1.165, 1.54) is 6.07 Å². The number of hydrazine groups is 1. The lowest BCUT2D eigenvalue weighted by Gasteiger charge is -2.19. The van der Waals surface area contributed by atoms with E-state index in [0.29, 0.717) is 6.54 Å². The molecular weight excluding hydrogens is 258 g/mol. The van der Waals surface area contributed by atoms with Crippen molar-refractivity contribution in [3.8, 4) is 0 Å². The van der Waals surface area contributed by atoms with E-state index in [-0.39, 0.29) is 5.69 Å². The molecule has 0 radical (unpaired) electrons. The highest BCUT2D eigenvalue weighted by atomic mass is 16.6. The third-order valence-corrected chi connectivity index (χ3v) is 3.04. The zero-order valence-corrected chi connectivity index (χ0v) is 12.3. The second-order valence-corrected chi connectivity index (χ2v) is 5.14. The Morgan fingerprint density at radius 3 is 2.55 bits per heavy atom. The van der Waals surface area contributed by atoms with Gasteiger partial charge in [0.15, 0.2) is 0 Å². The van der Waals surface area contributed by atoms with Gasteiger partial charge in [0.2, 0.25) is 0 Å². The Labute approximate surface area is 119 Å². The lowest BCUT2D eigenvalue weighted by atomic mass is 10.1. The highest BCUT2D eigenvalue weighted by molar-refractivity contribution is 5.55. The number of benzene rings is 1. The Hall–Kier alpha value is -1.70. The lowest BCUT2D eigenvalue weighted by Crippen LogP contribution is -2.24. The summed E-state index contributed by atoms with van der Waals surface area (Å²) in [6.45, 7) is 2.56. The Kier molecular flexibility index (Phi) is 6.37. The van der Waals surface area contributed by atoms with E-state index in [4.69, 9.17) is 5.84 Å². The number of nitro benzene ring substituents is 1. The van der Waals surface area contributed by atoms with Crippen LogP contribution in [0.25, 0.3) is 0 Å². The van der Waals surface area contributed by atoms with Crippen LogP contribution in [0.3, 0.4) is 0 Å². The molecule has 0 aliphatic carbocycles. The second-order valence-electron chi connectivity index (χ2n) is 5.14. The van der Waals surface area contributed by atoms with Gasteiger partial charge in [-0.15, -0.1) is 0 Å². The van der Waals surface area contributed by atoms with Gasteiger partial charge < -0.3 is 15.2 Å². The zero-order chi connectivity index (χ0) is 15.1. The van der Waals surface area contributed by atoms with Gasteiger partial charge in [-0.2, -0.15) is 0 Å². The third kappa shape index (κ3) is 5.12. The molecule has 0 heterocycles. The van der Waals surface area contributed by atoms with Crippen LogP contribution in [0.1, 0.15) is 12.0 Å². The Balaban J connectivity index is 2.69. The Morgan fingerprint density at radius 1 is 1.30 bits per heavy atom. The molecule has 0 aliphatic heterocycles. The van der Waals surface area contributed by atoms with Crippen molar-refractivity contribution >= 4 is 11.4 Å². The molecule has 0 saturated carbocycles. The molecule has 7 nitrogen and oxygen atoms in total. The number of nitrogens with zero attached hydrogens (tertiary/aromatic N) is 3. The van der Waals surface area contributed by atoms with Crippen LogP contribution in [-0.2, 0) is 6.54 Å². The van der Waals surface area contributed by atoms with Gasteiger partial charge >= 0.3 is 0 Å². The Bertz CT molecular complexity index is 450. The number of nitrogens with two attached hydrogens (primary N) is 1. The summed E-state index contributed by atoms with van der Waals surface area (Å²) in [6.07, 6.45) is 1.05. The van der Waals surface area contributed by atoms with Gasteiger partial charge in [0.05, 0.1) is 10.6 Å². The molecule has 3 N–H and O–H groups in total.